The summed E-state index contributed by atoms with van der Waals surface area (Å²) < 4.78 is 27.5. The number of hydrogen-bond donors (Lipinski definition) is 0. The van der Waals surface area contributed by atoms with Gasteiger partial charge < -0.3 is 14.0 Å². The summed E-state index contributed by atoms with van der Waals surface area (Å²) in [6.45, 7) is 5.01. The Morgan fingerprint density at radius 3 is 2.77 bits per heavy atom. The lowest BCUT2D eigenvalue weighted by Crippen LogP contribution is -2.10. The van der Waals surface area contributed by atoms with Gasteiger partial charge in [0.1, 0.15) is 19.5 Å². The van der Waals surface area contributed by atoms with Crippen molar-refractivity contribution in [3.05, 3.63) is 11.8 Å². The summed E-state index contributed by atoms with van der Waals surface area (Å²) >= 11 is 0. The van der Waals surface area contributed by atoms with E-state index in [4.69, 9.17) is 14.0 Å². The van der Waals surface area contributed by atoms with Gasteiger partial charge in [0.05, 0.1) is 6.61 Å². The Kier molecular flexibility index (Phi) is 3.82. The summed E-state index contributed by atoms with van der Waals surface area (Å²) in [4.78, 5) is 0. The Bertz CT molecular complexity index is 236. The van der Waals surface area contributed by atoms with Crippen LogP contribution in [0.25, 0.3) is 0 Å². The van der Waals surface area contributed by atoms with E-state index in [9.17, 15) is 4.57 Å². The van der Waals surface area contributed by atoms with Gasteiger partial charge in [-0.25, -0.2) is 0 Å². The summed E-state index contributed by atoms with van der Waals surface area (Å²) in [6, 6.07) is 0. The third-order valence-corrected chi connectivity index (χ3v) is 4.14. The minimum absolute atomic E-state index is 0.364. The number of rotatable bonds is 4. The molecule has 13 heavy (non-hydrogen) atoms. The van der Waals surface area contributed by atoms with Crippen molar-refractivity contribution in [2.24, 2.45) is 0 Å². The fraction of sp³-hybridized carbons (Fsp3) is 0.750. The van der Waals surface area contributed by atoms with E-state index in [1.807, 2.05) is 13.8 Å². The zero-order valence-corrected chi connectivity index (χ0v) is 8.88. The van der Waals surface area contributed by atoms with Crippen LogP contribution in [-0.4, -0.2) is 26.0 Å². The first-order chi connectivity index (χ1) is 6.23. The van der Waals surface area contributed by atoms with Crippen molar-refractivity contribution in [1.29, 1.82) is 0 Å². The Balaban J connectivity index is 2.74. The predicted molar refractivity (Wildman–Crippen MR) is 49.8 cm³/mol. The lowest BCUT2D eigenvalue weighted by Gasteiger charge is -2.22. The van der Waals surface area contributed by atoms with Crippen LogP contribution in [0, 0.1) is 0 Å². The highest BCUT2D eigenvalue weighted by molar-refractivity contribution is 7.63. The summed E-state index contributed by atoms with van der Waals surface area (Å²) in [7, 11) is -2.76. The summed E-state index contributed by atoms with van der Waals surface area (Å²) in [5.41, 5.74) is 0.364. The highest BCUT2D eigenvalue weighted by atomic mass is 31.2. The minimum Gasteiger partial charge on any atom is -0.494 e. The van der Waals surface area contributed by atoms with E-state index in [2.05, 4.69) is 0 Å². The predicted octanol–water partition coefficient (Wildman–Crippen LogP) is 2.17. The van der Waals surface area contributed by atoms with Gasteiger partial charge >= 0.3 is 0 Å². The quantitative estimate of drug-likeness (QED) is 0.661. The Labute approximate surface area is 78.3 Å². The van der Waals surface area contributed by atoms with Crippen molar-refractivity contribution in [1.82, 2.24) is 0 Å². The molecule has 0 aromatic heterocycles. The number of hydrogen-bond acceptors (Lipinski definition) is 4. The van der Waals surface area contributed by atoms with Crippen LogP contribution in [0.3, 0.4) is 0 Å². The molecule has 1 atom stereocenters. The first-order valence-electron chi connectivity index (χ1n) is 4.41. The summed E-state index contributed by atoms with van der Waals surface area (Å²) in [5.74, 6) is 0. The second-order valence-corrected chi connectivity index (χ2v) is 5.26. The van der Waals surface area contributed by atoms with Crippen LogP contribution in [0.1, 0.15) is 13.8 Å². The highest BCUT2D eigenvalue weighted by Gasteiger charge is 2.29. The maximum absolute atomic E-state index is 12.0. The molecule has 4 nitrogen and oxygen atoms in total. The zero-order valence-electron chi connectivity index (χ0n) is 7.99. The van der Waals surface area contributed by atoms with E-state index in [1.165, 1.54) is 6.26 Å². The monoisotopic (exact) mass is 206 g/mol. The molecule has 0 aromatic carbocycles. The molecular formula is C8H15O4P. The average molecular weight is 206 g/mol. The van der Waals surface area contributed by atoms with Gasteiger partial charge in [0, 0.05) is 6.16 Å². The first-order valence-corrected chi connectivity index (χ1v) is 6.22. The highest BCUT2D eigenvalue weighted by Crippen LogP contribution is 2.55. The molecule has 0 saturated carbocycles. The van der Waals surface area contributed by atoms with Gasteiger partial charge in [-0.15, -0.1) is 0 Å². The van der Waals surface area contributed by atoms with Crippen LogP contribution in [0.15, 0.2) is 11.8 Å². The maximum Gasteiger partial charge on any atom is 0.268 e. The molecule has 0 spiro atoms. The van der Waals surface area contributed by atoms with Gasteiger partial charge in [0.2, 0.25) is 5.50 Å². The van der Waals surface area contributed by atoms with Crippen LogP contribution in [-0.2, 0) is 18.6 Å². The molecule has 5 heteroatoms. The van der Waals surface area contributed by atoms with Gasteiger partial charge in [0.25, 0.3) is 7.37 Å². The fourth-order valence-electron chi connectivity index (χ4n) is 1.06. The van der Waals surface area contributed by atoms with E-state index in [1.54, 1.807) is 0 Å². The van der Waals surface area contributed by atoms with Gasteiger partial charge in [0.15, 0.2) is 0 Å². The van der Waals surface area contributed by atoms with Crippen molar-refractivity contribution in [2.75, 3.05) is 26.0 Å². The molecule has 0 bridgehead atoms. The van der Waals surface area contributed by atoms with Crippen LogP contribution >= 0.6 is 7.37 Å². The van der Waals surface area contributed by atoms with Gasteiger partial charge in [-0.3, -0.25) is 4.57 Å². The third kappa shape index (κ3) is 2.48. The van der Waals surface area contributed by atoms with E-state index in [-0.39, 0.29) is 0 Å². The van der Waals surface area contributed by atoms with E-state index in [0.29, 0.717) is 31.5 Å². The Morgan fingerprint density at radius 2 is 2.31 bits per heavy atom. The molecule has 1 heterocycles. The smallest absolute Gasteiger partial charge is 0.268 e. The van der Waals surface area contributed by atoms with Crippen molar-refractivity contribution < 1.29 is 18.6 Å². The van der Waals surface area contributed by atoms with Crippen LogP contribution in [0.2, 0.25) is 0 Å². The first kappa shape index (κ1) is 10.6. The SMILES string of the molecule is CCOP(=O)(CC)C1=COCCO1. The van der Waals surface area contributed by atoms with Crippen LogP contribution in [0.4, 0.5) is 0 Å². The van der Waals surface area contributed by atoms with Crippen LogP contribution < -0.4 is 0 Å². The third-order valence-electron chi connectivity index (χ3n) is 1.73. The van der Waals surface area contributed by atoms with Crippen LogP contribution in [0.5, 0.6) is 0 Å². The van der Waals surface area contributed by atoms with Gasteiger partial charge in [-0.05, 0) is 6.92 Å². The molecule has 1 rings (SSSR count). The molecule has 1 aliphatic rings. The standard InChI is InChI=1S/C8H15O4P/c1-3-12-13(9,4-2)8-7-10-5-6-11-8/h7H,3-6H2,1-2H3. The molecule has 0 saturated heterocycles. The van der Waals surface area contributed by atoms with E-state index >= 15 is 0 Å². The molecule has 0 fully saturated rings. The topological polar surface area (TPSA) is 44.8 Å². The average Bonchev–Trinajstić information content (AvgIpc) is 2.19. The molecule has 76 valence electrons. The van der Waals surface area contributed by atoms with Crippen molar-refractivity contribution in [2.45, 2.75) is 13.8 Å². The van der Waals surface area contributed by atoms with Gasteiger partial charge in [-0.2, -0.15) is 0 Å². The largest absolute Gasteiger partial charge is 0.494 e. The maximum atomic E-state index is 12.0. The van der Waals surface area contributed by atoms with E-state index < -0.39 is 7.37 Å². The Morgan fingerprint density at radius 1 is 1.54 bits per heavy atom. The second kappa shape index (κ2) is 4.68. The molecule has 1 unspecified atom stereocenters. The Hall–Kier alpha value is -0.470. The lowest BCUT2D eigenvalue weighted by atomic mass is 10.7. The van der Waals surface area contributed by atoms with E-state index in [0.717, 1.165) is 0 Å². The molecule has 0 amide bonds. The summed E-state index contributed by atoms with van der Waals surface area (Å²) in [5, 5.41) is 0. The molecule has 0 aliphatic carbocycles. The number of ether oxygens (including phenoxy) is 2. The molecule has 0 N–H and O–H groups in total. The zero-order chi connectivity index (χ0) is 9.73. The summed E-state index contributed by atoms with van der Waals surface area (Å²) in [6.07, 6.45) is 1.85. The molecular weight excluding hydrogens is 191 g/mol. The lowest BCUT2D eigenvalue weighted by molar-refractivity contribution is 0.0941. The normalized spacial score (nSPS) is 20.9. The fourth-order valence-corrected chi connectivity index (χ4v) is 2.62. The molecule has 0 aromatic rings. The molecule has 1 aliphatic heterocycles. The minimum atomic E-state index is -2.76. The van der Waals surface area contributed by atoms with Crippen molar-refractivity contribution >= 4 is 7.37 Å². The van der Waals surface area contributed by atoms with Crippen molar-refractivity contribution in [3.63, 3.8) is 0 Å². The second-order valence-electron chi connectivity index (χ2n) is 2.58. The molecule has 0 radical (unpaired) electrons. The van der Waals surface area contributed by atoms with Gasteiger partial charge in [-0.1, -0.05) is 6.92 Å². The van der Waals surface area contributed by atoms with Crippen molar-refractivity contribution in [3.8, 4) is 0 Å².